The van der Waals surface area contributed by atoms with E-state index in [2.05, 4.69) is 4.90 Å². The van der Waals surface area contributed by atoms with Crippen molar-refractivity contribution in [2.45, 2.75) is 12.6 Å². The fourth-order valence-electron chi connectivity index (χ4n) is 2.57. The Bertz CT molecular complexity index is 480. The molecule has 0 spiro atoms. The van der Waals surface area contributed by atoms with E-state index in [1.165, 1.54) is 0 Å². The molecule has 1 fully saturated rings. The van der Waals surface area contributed by atoms with Gasteiger partial charge in [-0.2, -0.15) is 0 Å². The van der Waals surface area contributed by atoms with Crippen LogP contribution in [-0.2, 0) is 11.3 Å². The zero-order valence-corrected chi connectivity index (χ0v) is 11.4. The van der Waals surface area contributed by atoms with E-state index in [0.29, 0.717) is 44.4 Å². The molecule has 0 saturated carbocycles. The maximum absolute atomic E-state index is 9.40. The zero-order chi connectivity index (χ0) is 13.9. The van der Waals surface area contributed by atoms with Crippen LogP contribution in [-0.4, -0.2) is 55.6 Å². The Balaban J connectivity index is 1.79. The number of hydrogen-bond acceptors (Lipinski definition) is 6. The van der Waals surface area contributed by atoms with Crippen molar-refractivity contribution >= 4 is 5.69 Å². The molecule has 2 heterocycles. The largest absolute Gasteiger partial charge is 0.486 e. The normalized spacial score (nSPS) is 22.8. The van der Waals surface area contributed by atoms with E-state index in [4.69, 9.17) is 19.9 Å². The van der Waals surface area contributed by atoms with Crippen molar-refractivity contribution < 1.29 is 19.3 Å². The Hall–Kier alpha value is -1.50. The molecule has 6 heteroatoms. The fourth-order valence-corrected chi connectivity index (χ4v) is 2.57. The van der Waals surface area contributed by atoms with Crippen molar-refractivity contribution in [2.75, 3.05) is 45.3 Å². The van der Waals surface area contributed by atoms with Crippen LogP contribution < -0.4 is 15.2 Å². The van der Waals surface area contributed by atoms with E-state index in [0.717, 1.165) is 17.9 Å². The van der Waals surface area contributed by atoms with Gasteiger partial charge in [-0.1, -0.05) is 0 Å². The molecule has 1 atom stereocenters. The summed E-state index contributed by atoms with van der Waals surface area (Å²) in [6.45, 7) is 3.91. The number of anilines is 1. The van der Waals surface area contributed by atoms with Gasteiger partial charge in [0.15, 0.2) is 11.5 Å². The first-order chi connectivity index (χ1) is 9.78. The standard InChI is InChI=1S/C14H20N2O4/c15-12-6-14-13(19-3-4-20-14)5-10(12)7-16-1-2-18-9-11(16)8-17/h5-6,11,17H,1-4,7-9,15H2. The molecule has 1 aromatic carbocycles. The molecule has 3 N–H and O–H groups in total. The second kappa shape index (κ2) is 5.87. The first-order valence-corrected chi connectivity index (χ1v) is 6.88. The molecule has 0 radical (unpaired) electrons. The molecule has 0 bridgehead atoms. The third-order valence-corrected chi connectivity index (χ3v) is 3.74. The summed E-state index contributed by atoms with van der Waals surface area (Å²) in [5, 5.41) is 9.40. The van der Waals surface area contributed by atoms with Crippen LogP contribution >= 0.6 is 0 Å². The highest BCUT2D eigenvalue weighted by Gasteiger charge is 2.24. The van der Waals surface area contributed by atoms with E-state index in [-0.39, 0.29) is 12.6 Å². The SMILES string of the molecule is Nc1cc2c(cc1CN1CCOCC1CO)OCCO2. The highest BCUT2D eigenvalue weighted by Crippen LogP contribution is 2.35. The van der Waals surface area contributed by atoms with Crippen molar-refractivity contribution in [3.63, 3.8) is 0 Å². The Kier molecular flexibility index (Phi) is 3.95. The van der Waals surface area contributed by atoms with Crippen LogP contribution in [0.4, 0.5) is 5.69 Å². The second-order valence-electron chi connectivity index (χ2n) is 5.08. The lowest BCUT2D eigenvalue weighted by atomic mass is 10.1. The fraction of sp³-hybridized carbons (Fsp3) is 0.571. The van der Waals surface area contributed by atoms with Crippen LogP contribution in [0, 0.1) is 0 Å². The van der Waals surface area contributed by atoms with Gasteiger partial charge in [0.2, 0.25) is 0 Å². The van der Waals surface area contributed by atoms with Crippen LogP contribution in [0.15, 0.2) is 12.1 Å². The van der Waals surface area contributed by atoms with E-state index in [1.54, 1.807) is 0 Å². The lowest BCUT2D eigenvalue weighted by molar-refractivity contribution is -0.0312. The highest BCUT2D eigenvalue weighted by atomic mass is 16.6. The van der Waals surface area contributed by atoms with Gasteiger partial charge in [-0.3, -0.25) is 4.90 Å². The number of benzene rings is 1. The molecule has 1 aromatic rings. The topological polar surface area (TPSA) is 77.2 Å². The average Bonchev–Trinajstić information content (AvgIpc) is 2.48. The van der Waals surface area contributed by atoms with E-state index in [1.807, 2.05) is 12.1 Å². The van der Waals surface area contributed by atoms with E-state index in [9.17, 15) is 5.11 Å². The first kappa shape index (κ1) is 13.5. The van der Waals surface area contributed by atoms with Crippen molar-refractivity contribution in [1.82, 2.24) is 4.90 Å². The maximum atomic E-state index is 9.40. The predicted molar refractivity (Wildman–Crippen MR) is 73.9 cm³/mol. The Morgan fingerprint density at radius 2 is 1.95 bits per heavy atom. The quantitative estimate of drug-likeness (QED) is 0.772. The molecule has 1 unspecified atom stereocenters. The van der Waals surface area contributed by atoms with Crippen molar-refractivity contribution in [3.05, 3.63) is 17.7 Å². The number of rotatable bonds is 3. The third kappa shape index (κ3) is 2.67. The summed E-state index contributed by atoms with van der Waals surface area (Å²) in [7, 11) is 0. The summed E-state index contributed by atoms with van der Waals surface area (Å²) in [5.74, 6) is 1.45. The van der Waals surface area contributed by atoms with Crippen LogP contribution in [0.1, 0.15) is 5.56 Å². The number of aliphatic hydroxyl groups is 1. The van der Waals surface area contributed by atoms with Gasteiger partial charge in [-0.05, 0) is 11.6 Å². The van der Waals surface area contributed by atoms with Crippen LogP contribution in [0.25, 0.3) is 0 Å². The Labute approximate surface area is 118 Å². The molecule has 2 aliphatic heterocycles. The monoisotopic (exact) mass is 280 g/mol. The molecule has 0 aromatic heterocycles. The lowest BCUT2D eigenvalue weighted by Crippen LogP contribution is -2.46. The number of hydrogen-bond donors (Lipinski definition) is 2. The number of nitrogens with zero attached hydrogens (tertiary/aromatic N) is 1. The van der Waals surface area contributed by atoms with Gasteiger partial charge in [-0.25, -0.2) is 0 Å². The number of ether oxygens (including phenoxy) is 3. The molecule has 20 heavy (non-hydrogen) atoms. The summed E-state index contributed by atoms with van der Waals surface area (Å²) < 4.78 is 16.5. The average molecular weight is 280 g/mol. The van der Waals surface area contributed by atoms with E-state index < -0.39 is 0 Å². The molecule has 6 nitrogen and oxygen atoms in total. The molecule has 110 valence electrons. The summed E-state index contributed by atoms with van der Waals surface area (Å²) in [6.07, 6.45) is 0. The number of nitrogens with two attached hydrogens (primary N) is 1. The minimum absolute atomic E-state index is 0.0244. The number of fused-ring (bicyclic) bond motifs is 1. The Morgan fingerprint density at radius 3 is 2.70 bits per heavy atom. The van der Waals surface area contributed by atoms with Gasteiger partial charge in [0.25, 0.3) is 0 Å². The lowest BCUT2D eigenvalue weighted by Gasteiger charge is -2.34. The molecule has 1 saturated heterocycles. The van der Waals surface area contributed by atoms with E-state index >= 15 is 0 Å². The van der Waals surface area contributed by atoms with Crippen molar-refractivity contribution in [1.29, 1.82) is 0 Å². The molecule has 3 rings (SSSR count). The summed E-state index contributed by atoms with van der Waals surface area (Å²) >= 11 is 0. The third-order valence-electron chi connectivity index (χ3n) is 3.74. The predicted octanol–water partition coefficient (Wildman–Crippen LogP) is 0.233. The van der Waals surface area contributed by atoms with Gasteiger partial charge >= 0.3 is 0 Å². The zero-order valence-electron chi connectivity index (χ0n) is 11.4. The summed E-state index contributed by atoms with van der Waals surface area (Å²) in [5.41, 5.74) is 7.78. The minimum atomic E-state index is 0.0244. The molecular formula is C14H20N2O4. The molecule has 2 aliphatic rings. The van der Waals surface area contributed by atoms with Crippen LogP contribution in [0.3, 0.4) is 0 Å². The van der Waals surface area contributed by atoms with Gasteiger partial charge in [0, 0.05) is 24.8 Å². The number of morpholine rings is 1. The van der Waals surface area contributed by atoms with Crippen LogP contribution in [0.2, 0.25) is 0 Å². The number of aliphatic hydroxyl groups excluding tert-OH is 1. The molecular weight excluding hydrogens is 260 g/mol. The van der Waals surface area contributed by atoms with Crippen molar-refractivity contribution in [3.8, 4) is 11.5 Å². The second-order valence-corrected chi connectivity index (χ2v) is 5.08. The molecule has 0 amide bonds. The van der Waals surface area contributed by atoms with Gasteiger partial charge in [0.05, 0.1) is 25.9 Å². The smallest absolute Gasteiger partial charge is 0.163 e. The first-order valence-electron chi connectivity index (χ1n) is 6.88. The van der Waals surface area contributed by atoms with Crippen LogP contribution in [0.5, 0.6) is 11.5 Å². The van der Waals surface area contributed by atoms with Gasteiger partial charge in [-0.15, -0.1) is 0 Å². The van der Waals surface area contributed by atoms with Gasteiger partial charge in [0.1, 0.15) is 13.2 Å². The Morgan fingerprint density at radius 1 is 1.20 bits per heavy atom. The summed E-state index contributed by atoms with van der Waals surface area (Å²) in [4.78, 5) is 2.19. The maximum Gasteiger partial charge on any atom is 0.163 e. The molecule has 0 aliphatic carbocycles. The van der Waals surface area contributed by atoms with Gasteiger partial charge < -0.3 is 25.1 Å². The summed E-state index contributed by atoms with van der Waals surface area (Å²) in [6, 6.07) is 3.78. The number of nitrogen functional groups attached to an aromatic ring is 1. The van der Waals surface area contributed by atoms with Crippen molar-refractivity contribution in [2.24, 2.45) is 0 Å². The highest BCUT2D eigenvalue weighted by molar-refractivity contribution is 5.58. The minimum Gasteiger partial charge on any atom is -0.486 e.